The zero-order chi connectivity index (χ0) is 17.6. The first-order valence-electron chi connectivity index (χ1n) is 8.36. The zero-order valence-corrected chi connectivity index (χ0v) is 15.0. The Bertz CT molecular complexity index is 973. The lowest BCUT2D eigenvalue weighted by molar-refractivity contribution is 0.500. The van der Waals surface area contributed by atoms with Crippen molar-refractivity contribution in [3.05, 3.63) is 70.1 Å². The van der Waals surface area contributed by atoms with Gasteiger partial charge in [-0.25, -0.2) is 0 Å². The lowest BCUT2D eigenvalue weighted by Gasteiger charge is -2.23. The van der Waals surface area contributed by atoms with Gasteiger partial charge in [0, 0.05) is 65.1 Å². The molecule has 2 aromatic heterocycles. The molecule has 3 heterocycles. The van der Waals surface area contributed by atoms with Crippen LogP contribution in [0.4, 0.5) is 0 Å². The number of aromatic nitrogens is 2. The van der Waals surface area contributed by atoms with E-state index >= 15 is 0 Å². The van der Waals surface area contributed by atoms with Gasteiger partial charge < -0.3 is 15.0 Å². The molecule has 0 saturated carbocycles. The number of pyridine rings is 1. The molecule has 0 amide bonds. The summed E-state index contributed by atoms with van der Waals surface area (Å²) in [5.41, 5.74) is 5.31. The van der Waals surface area contributed by atoms with Gasteiger partial charge in [0.2, 0.25) is 0 Å². The maximum atomic E-state index is 10.6. The third kappa shape index (κ3) is 2.81. The smallest absolute Gasteiger partial charge is 0.121 e. The summed E-state index contributed by atoms with van der Waals surface area (Å²) in [4.78, 5) is 4.26. The van der Waals surface area contributed by atoms with Crippen molar-refractivity contribution in [1.29, 1.82) is 0 Å². The number of aryl methyl sites for hydroxylation is 2. The highest BCUT2D eigenvalue weighted by Crippen LogP contribution is 2.35. The minimum absolute atomic E-state index is 0.0845. The first kappa shape index (κ1) is 16.2. The Morgan fingerprint density at radius 3 is 2.96 bits per heavy atom. The Labute approximate surface area is 151 Å². The predicted molar refractivity (Wildman–Crippen MR) is 102 cm³/mol. The van der Waals surface area contributed by atoms with E-state index in [1.165, 1.54) is 16.6 Å². The Balaban J connectivity index is 1.80. The van der Waals surface area contributed by atoms with Crippen LogP contribution >= 0.6 is 11.6 Å². The van der Waals surface area contributed by atoms with Crippen molar-refractivity contribution in [2.45, 2.75) is 19.4 Å². The molecule has 0 spiro atoms. The summed E-state index contributed by atoms with van der Waals surface area (Å²) in [7, 11) is 2.08. The van der Waals surface area contributed by atoms with E-state index < -0.39 is 0 Å². The molecular weight excluding hydrogens is 334 g/mol. The highest BCUT2D eigenvalue weighted by molar-refractivity contribution is 6.31. The average Bonchev–Trinajstić information content (AvgIpc) is 2.88. The quantitative estimate of drug-likeness (QED) is 0.674. The molecule has 0 aliphatic carbocycles. The molecule has 25 heavy (non-hydrogen) atoms. The standard InChI is InChI=1S/C20H20ClN3O/c1-12-3-4-13(10-23-12)19(25)7-14-9-22-11-17-16-8-15(21)5-6-18(16)24(2)20(14)17/h3-8,10,14,22,25H,9,11H2,1-2H3/b19-7-. The second-order valence-electron chi connectivity index (χ2n) is 6.56. The SMILES string of the molecule is Cc1ccc(/C(O)=C/C2CNCc3c2n(C)c2ccc(Cl)cc32)cn1. The molecule has 128 valence electrons. The van der Waals surface area contributed by atoms with Crippen molar-refractivity contribution >= 4 is 28.3 Å². The van der Waals surface area contributed by atoms with Gasteiger partial charge in [-0.15, -0.1) is 0 Å². The lowest BCUT2D eigenvalue weighted by Crippen LogP contribution is -2.28. The number of fused-ring (bicyclic) bond motifs is 3. The second kappa shape index (κ2) is 6.21. The summed E-state index contributed by atoms with van der Waals surface area (Å²) >= 11 is 6.20. The van der Waals surface area contributed by atoms with E-state index in [1.807, 2.05) is 37.3 Å². The van der Waals surface area contributed by atoms with Crippen LogP contribution in [-0.2, 0) is 13.6 Å². The molecule has 0 fully saturated rings. The van der Waals surface area contributed by atoms with E-state index in [0.29, 0.717) is 0 Å². The van der Waals surface area contributed by atoms with Crippen molar-refractivity contribution in [2.24, 2.45) is 7.05 Å². The van der Waals surface area contributed by atoms with Crippen LogP contribution in [0.25, 0.3) is 16.7 Å². The third-order valence-corrected chi connectivity index (χ3v) is 5.13. The maximum Gasteiger partial charge on any atom is 0.121 e. The number of nitrogens with zero attached hydrogens (tertiary/aromatic N) is 2. The second-order valence-corrected chi connectivity index (χ2v) is 7.00. The largest absolute Gasteiger partial charge is 0.508 e. The van der Waals surface area contributed by atoms with Gasteiger partial charge in [-0.05, 0) is 48.9 Å². The van der Waals surface area contributed by atoms with Gasteiger partial charge in [0.1, 0.15) is 5.76 Å². The van der Waals surface area contributed by atoms with Gasteiger partial charge in [0.15, 0.2) is 0 Å². The van der Waals surface area contributed by atoms with E-state index in [0.717, 1.165) is 34.9 Å². The summed E-state index contributed by atoms with van der Waals surface area (Å²) < 4.78 is 2.21. The number of hydrogen-bond donors (Lipinski definition) is 2. The molecule has 4 rings (SSSR count). The molecule has 0 bridgehead atoms. The first-order chi connectivity index (χ1) is 12.0. The Hall–Kier alpha value is -2.30. The Kier molecular flexibility index (Phi) is 4.02. The fourth-order valence-electron chi connectivity index (χ4n) is 3.66. The monoisotopic (exact) mass is 353 g/mol. The van der Waals surface area contributed by atoms with Gasteiger partial charge >= 0.3 is 0 Å². The summed E-state index contributed by atoms with van der Waals surface area (Å²) in [6.45, 7) is 3.53. The van der Waals surface area contributed by atoms with E-state index in [-0.39, 0.29) is 11.7 Å². The van der Waals surface area contributed by atoms with Crippen LogP contribution in [0.5, 0.6) is 0 Å². The average molecular weight is 354 g/mol. The molecule has 1 unspecified atom stereocenters. The van der Waals surface area contributed by atoms with E-state index in [2.05, 4.69) is 28.0 Å². The number of aliphatic hydroxyl groups excluding tert-OH is 1. The molecule has 4 nitrogen and oxygen atoms in total. The van der Waals surface area contributed by atoms with Crippen LogP contribution < -0.4 is 5.32 Å². The minimum Gasteiger partial charge on any atom is -0.508 e. The van der Waals surface area contributed by atoms with Crippen molar-refractivity contribution in [1.82, 2.24) is 14.9 Å². The fourth-order valence-corrected chi connectivity index (χ4v) is 3.84. The highest BCUT2D eigenvalue weighted by atomic mass is 35.5. The highest BCUT2D eigenvalue weighted by Gasteiger charge is 2.25. The third-order valence-electron chi connectivity index (χ3n) is 4.90. The topological polar surface area (TPSA) is 50.1 Å². The van der Waals surface area contributed by atoms with Crippen LogP contribution in [0, 0.1) is 6.92 Å². The molecule has 0 saturated heterocycles. The number of halogens is 1. The van der Waals surface area contributed by atoms with Crippen LogP contribution in [0.1, 0.15) is 28.4 Å². The number of rotatable bonds is 2. The van der Waals surface area contributed by atoms with Crippen molar-refractivity contribution in [2.75, 3.05) is 6.54 Å². The van der Waals surface area contributed by atoms with E-state index in [4.69, 9.17) is 11.6 Å². The minimum atomic E-state index is 0.0845. The molecule has 1 atom stereocenters. The van der Waals surface area contributed by atoms with E-state index in [1.54, 1.807) is 6.20 Å². The number of benzene rings is 1. The van der Waals surface area contributed by atoms with E-state index in [9.17, 15) is 5.11 Å². The molecule has 5 heteroatoms. The van der Waals surface area contributed by atoms with Gasteiger partial charge in [0.05, 0.1) is 0 Å². The lowest BCUT2D eigenvalue weighted by atomic mass is 9.94. The molecule has 1 aliphatic rings. The molecule has 2 N–H and O–H groups in total. The number of nitrogens with one attached hydrogen (secondary N) is 1. The number of hydrogen-bond acceptors (Lipinski definition) is 3. The molecule has 1 aromatic carbocycles. The predicted octanol–water partition coefficient (Wildman–Crippen LogP) is 4.32. The molecular formula is C20H20ClN3O. The van der Waals surface area contributed by atoms with Crippen LogP contribution in [0.3, 0.4) is 0 Å². The van der Waals surface area contributed by atoms with Gasteiger partial charge in [-0.2, -0.15) is 0 Å². The summed E-state index contributed by atoms with van der Waals surface area (Å²) in [5, 5.41) is 15.9. The van der Waals surface area contributed by atoms with Crippen LogP contribution in [0.15, 0.2) is 42.6 Å². The Morgan fingerprint density at radius 2 is 2.20 bits per heavy atom. The zero-order valence-electron chi connectivity index (χ0n) is 14.3. The van der Waals surface area contributed by atoms with Gasteiger partial charge in [0.25, 0.3) is 0 Å². The summed E-state index contributed by atoms with van der Waals surface area (Å²) in [6.07, 6.45) is 3.62. The van der Waals surface area contributed by atoms with Gasteiger partial charge in [-0.3, -0.25) is 4.98 Å². The van der Waals surface area contributed by atoms with Crippen molar-refractivity contribution < 1.29 is 5.11 Å². The summed E-state index contributed by atoms with van der Waals surface area (Å²) in [6, 6.07) is 9.80. The maximum absolute atomic E-state index is 10.6. The van der Waals surface area contributed by atoms with Crippen molar-refractivity contribution in [3.63, 3.8) is 0 Å². The normalized spacial score (nSPS) is 17.7. The molecule has 3 aromatic rings. The van der Waals surface area contributed by atoms with Crippen LogP contribution in [-0.4, -0.2) is 21.2 Å². The summed E-state index contributed by atoms with van der Waals surface area (Å²) in [5.74, 6) is 0.344. The molecule has 0 radical (unpaired) electrons. The molecule has 1 aliphatic heterocycles. The van der Waals surface area contributed by atoms with Crippen LogP contribution in [0.2, 0.25) is 5.02 Å². The Morgan fingerprint density at radius 1 is 1.36 bits per heavy atom. The van der Waals surface area contributed by atoms with Crippen molar-refractivity contribution in [3.8, 4) is 0 Å². The first-order valence-corrected chi connectivity index (χ1v) is 8.73. The fraction of sp³-hybridized carbons (Fsp3) is 0.250. The van der Waals surface area contributed by atoms with Gasteiger partial charge in [-0.1, -0.05) is 11.6 Å². The number of aliphatic hydroxyl groups is 1.